The molecule has 0 spiro atoms. The molecule has 4 aromatic carbocycles. The van der Waals surface area contributed by atoms with Gasteiger partial charge in [0.25, 0.3) is 11.8 Å². The smallest absolute Gasteiger partial charge is 0.271 e. The lowest BCUT2D eigenvalue weighted by atomic mass is 10.1. The summed E-state index contributed by atoms with van der Waals surface area (Å²) in [7, 11) is 0. The first-order chi connectivity index (χ1) is 20.0. The highest BCUT2D eigenvalue weighted by Crippen LogP contribution is 2.39. The number of thioether (sulfide) groups is 1. The molecule has 3 amide bonds. The first-order valence-corrected chi connectivity index (χ1v) is 14.1. The molecule has 1 heterocycles. The number of benzene rings is 4. The van der Waals surface area contributed by atoms with Crippen LogP contribution in [0.5, 0.6) is 5.75 Å². The predicted octanol–water partition coefficient (Wildman–Crippen LogP) is 5.24. The third-order valence-electron chi connectivity index (χ3n) is 6.31. The summed E-state index contributed by atoms with van der Waals surface area (Å²) in [5.41, 5.74) is 6.51. The van der Waals surface area contributed by atoms with Gasteiger partial charge in [-0.3, -0.25) is 14.4 Å². The molecular formula is C32H28N4O4S. The van der Waals surface area contributed by atoms with E-state index in [1.54, 1.807) is 60.3 Å². The quantitative estimate of drug-likeness (QED) is 0.203. The number of rotatable bonds is 10. The molecule has 41 heavy (non-hydrogen) atoms. The van der Waals surface area contributed by atoms with Gasteiger partial charge in [-0.15, -0.1) is 11.8 Å². The van der Waals surface area contributed by atoms with Crippen molar-refractivity contribution in [1.82, 2.24) is 10.3 Å². The van der Waals surface area contributed by atoms with Crippen LogP contribution in [0.3, 0.4) is 0 Å². The van der Waals surface area contributed by atoms with Crippen LogP contribution in [0.4, 0.5) is 5.69 Å². The van der Waals surface area contributed by atoms with Crippen molar-refractivity contribution in [2.24, 2.45) is 5.10 Å². The van der Waals surface area contributed by atoms with Crippen LogP contribution in [0, 0.1) is 0 Å². The van der Waals surface area contributed by atoms with Crippen LogP contribution in [-0.4, -0.2) is 41.2 Å². The van der Waals surface area contributed by atoms with Crippen molar-refractivity contribution in [3.63, 3.8) is 0 Å². The molecule has 206 valence electrons. The third-order valence-corrected chi connectivity index (χ3v) is 7.57. The summed E-state index contributed by atoms with van der Waals surface area (Å²) in [6.45, 7) is 0.433. The summed E-state index contributed by atoms with van der Waals surface area (Å²) >= 11 is 1.59. The number of para-hydroxylation sites is 1. The van der Waals surface area contributed by atoms with Gasteiger partial charge in [0.05, 0.1) is 12.0 Å². The van der Waals surface area contributed by atoms with Crippen molar-refractivity contribution in [2.45, 2.75) is 11.9 Å². The molecule has 8 nitrogen and oxygen atoms in total. The fourth-order valence-corrected chi connectivity index (χ4v) is 5.42. The Morgan fingerprint density at radius 2 is 1.59 bits per heavy atom. The number of anilines is 1. The van der Waals surface area contributed by atoms with Crippen molar-refractivity contribution in [3.05, 3.63) is 131 Å². The Hall–Kier alpha value is -4.89. The van der Waals surface area contributed by atoms with E-state index in [2.05, 4.69) is 15.8 Å². The number of nitrogens with one attached hydrogen (secondary N) is 2. The highest BCUT2D eigenvalue weighted by molar-refractivity contribution is 8.00. The molecule has 1 aliphatic rings. The standard InChI is InChI=1S/C32H28N4O4S/c37-29(34-27-9-5-2-6-10-27)21-40-28-17-11-23(12-18-28)19-33-35-31(39)25-13-15-26(16-14-25)32-36(30(38)22-41-32)20-24-7-3-1-4-8-24/h1-19,32H,20-22H2,(H,34,37)(H,35,39)/b33-19-/t32-/m1/s1. The minimum atomic E-state index is -0.339. The van der Waals surface area contributed by atoms with Gasteiger partial charge in [-0.05, 0) is 65.2 Å². The van der Waals surface area contributed by atoms with Gasteiger partial charge in [-0.1, -0.05) is 60.7 Å². The maximum Gasteiger partial charge on any atom is 0.271 e. The van der Waals surface area contributed by atoms with E-state index in [0.29, 0.717) is 29.3 Å². The molecule has 0 aliphatic carbocycles. The van der Waals surface area contributed by atoms with Crippen molar-refractivity contribution >= 4 is 41.4 Å². The summed E-state index contributed by atoms with van der Waals surface area (Å²) in [5, 5.41) is 6.72. The highest BCUT2D eigenvalue weighted by atomic mass is 32.2. The molecule has 9 heteroatoms. The summed E-state index contributed by atoms with van der Waals surface area (Å²) in [5.74, 6) is 0.490. The minimum Gasteiger partial charge on any atom is -0.484 e. The van der Waals surface area contributed by atoms with Gasteiger partial charge in [-0.2, -0.15) is 5.10 Å². The van der Waals surface area contributed by atoms with Crippen LogP contribution in [0.25, 0.3) is 0 Å². The Labute approximate surface area is 242 Å². The lowest BCUT2D eigenvalue weighted by molar-refractivity contribution is -0.128. The van der Waals surface area contributed by atoms with Crippen LogP contribution in [0.15, 0.2) is 114 Å². The lowest BCUT2D eigenvalue weighted by Crippen LogP contribution is -2.27. The molecule has 0 saturated carbocycles. The van der Waals surface area contributed by atoms with E-state index < -0.39 is 0 Å². The first-order valence-electron chi connectivity index (χ1n) is 13.0. The summed E-state index contributed by atoms with van der Waals surface area (Å²) in [6.07, 6.45) is 1.53. The topological polar surface area (TPSA) is 100 Å². The van der Waals surface area contributed by atoms with Gasteiger partial charge < -0.3 is 15.0 Å². The minimum absolute atomic E-state index is 0.0944. The van der Waals surface area contributed by atoms with E-state index in [1.807, 2.05) is 65.6 Å². The summed E-state index contributed by atoms with van der Waals surface area (Å²) in [6, 6.07) is 33.3. The maximum absolute atomic E-state index is 12.6. The zero-order valence-corrected chi connectivity index (χ0v) is 22.9. The second kappa shape index (κ2) is 13.5. The molecule has 4 aromatic rings. The molecule has 0 bridgehead atoms. The lowest BCUT2D eigenvalue weighted by Gasteiger charge is -2.24. The molecule has 1 aliphatic heterocycles. The van der Waals surface area contributed by atoms with E-state index in [4.69, 9.17) is 4.74 Å². The second-order valence-corrected chi connectivity index (χ2v) is 10.3. The maximum atomic E-state index is 12.6. The van der Waals surface area contributed by atoms with E-state index in [-0.39, 0.29) is 29.7 Å². The molecule has 5 rings (SSSR count). The second-order valence-electron chi connectivity index (χ2n) is 9.26. The number of nitrogens with zero attached hydrogens (tertiary/aromatic N) is 2. The van der Waals surface area contributed by atoms with Crippen molar-refractivity contribution < 1.29 is 19.1 Å². The monoisotopic (exact) mass is 564 g/mol. The molecule has 2 N–H and O–H groups in total. The predicted molar refractivity (Wildman–Crippen MR) is 161 cm³/mol. The Balaban J connectivity index is 1.10. The largest absolute Gasteiger partial charge is 0.484 e. The molecule has 0 aromatic heterocycles. The zero-order chi connectivity index (χ0) is 28.4. The van der Waals surface area contributed by atoms with Gasteiger partial charge >= 0.3 is 0 Å². The fraction of sp³-hybridized carbons (Fsp3) is 0.125. The van der Waals surface area contributed by atoms with Crippen molar-refractivity contribution in [3.8, 4) is 5.75 Å². The van der Waals surface area contributed by atoms with E-state index in [9.17, 15) is 14.4 Å². The number of carbonyl (C=O) groups excluding carboxylic acids is 3. The van der Waals surface area contributed by atoms with Crippen molar-refractivity contribution in [1.29, 1.82) is 0 Å². The zero-order valence-electron chi connectivity index (χ0n) is 22.1. The van der Waals surface area contributed by atoms with Crippen LogP contribution in [-0.2, 0) is 16.1 Å². The number of hydrogen-bond donors (Lipinski definition) is 2. The highest BCUT2D eigenvalue weighted by Gasteiger charge is 2.32. The molecule has 0 radical (unpaired) electrons. The number of ether oxygens (including phenoxy) is 1. The Morgan fingerprint density at radius 3 is 2.29 bits per heavy atom. The van der Waals surface area contributed by atoms with E-state index >= 15 is 0 Å². The van der Waals surface area contributed by atoms with Gasteiger partial charge in [0.2, 0.25) is 5.91 Å². The summed E-state index contributed by atoms with van der Waals surface area (Å²) < 4.78 is 5.53. The van der Waals surface area contributed by atoms with Gasteiger partial charge in [-0.25, -0.2) is 5.43 Å². The van der Waals surface area contributed by atoms with Crippen LogP contribution >= 0.6 is 11.8 Å². The van der Waals surface area contributed by atoms with Crippen LogP contribution < -0.4 is 15.5 Å². The summed E-state index contributed by atoms with van der Waals surface area (Å²) in [4.78, 5) is 39.0. The number of carbonyl (C=O) groups is 3. The molecule has 1 saturated heterocycles. The Kier molecular flexibility index (Phi) is 9.08. The van der Waals surface area contributed by atoms with Crippen molar-refractivity contribution in [2.75, 3.05) is 17.7 Å². The van der Waals surface area contributed by atoms with E-state index in [1.165, 1.54) is 6.21 Å². The number of amides is 3. The van der Waals surface area contributed by atoms with Gasteiger partial charge in [0, 0.05) is 17.8 Å². The average molecular weight is 565 g/mol. The normalized spacial score (nSPS) is 14.7. The SMILES string of the molecule is O=C(COc1ccc(/C=N\NC(=O)c2ccc([C@H]3SCC(=O)N3Cc3ccccc3)cc2)cc1)Nc1ccccc1. The van der Waals surface area contributed by atoms with Gasteiger partial charge in [0.1, 0.15) is 11.1 Å². The van der Waals surface area contributed by atoms with Crippen LogP contribution in [0.1, 0.15) is 32.4 Å². The molecule has 0 unspecified atom stereocenters. The Bertz CT molecular complexity index is 1510. The van der Waals surface area contributed by atoms with Crippen LogP contribution in [0.2, 0.25) is 0 Å². The third kappa shape index (κ3) is 7.61. The Morgan fingerprint density at radius 1 is 0.902 bits per heavy atom. The molecule has 1 fully saturated rings. The molecule has 1 atom stereocenters. The van der Waals surface area contributed by atoms with Gasteiger partial charge in [0.15, 0.2) is 6.61 Å². The average Bonchev–Trinajstić information content (AvgIpc) is 3.37. The number of hydrazone groups is 1. The first kappa shape index (κ1) is 27.7. The molecular weight excluding hydrogens is 536 g/mol. The number of hydrogen-bond acceptors (Lipinski definition) is 6. The fourth-order valence-electron chi connectivity index (χ4n) is 4.23. The van der Waals surface area contributed by atoms with E-state index in [0.717, 1.165) is 16.7 Å².